The van der Waals surface area contributed by atoms with Crippen LogP contribution in [0.5, 0.6) is 0 Å². The number of benzene rings is 1. The monoisotopic (exact) mass is 245 g/mol. The molecule has 18 heavy (non-hydrogen) atoms. The molecule has 98 valence electrons. The summed E-state index contributed by atoms with van der Waals surface area (Å²) in [6, 6.07) is 7.19. The van der Waals surface area contributed by atoms with Gasteiger partial charge >= 0.3 is 0 Å². The zero-order valence-electron chi connectivity index (χ0n) is 11.8. The Morgan fingerprint density at radius 3 is 2.78 bits per heavy atom. The van der Waals surface area contributed by atoms with Gasteiger partial charge in [0.05, 0.1) is 6.10 Å². The Labute approximate surface area is 110 Å². The lowest BCUT2D eigenvalue weighted by atomic mass is 9.57. The average Bonchev–Trinajstić information content (AvgIpc) is 2.74. The van der Waals surface area contributed by atoms with Gasteiger partial charge in [0.2, 0.25) is 0 Å². The van der Waals surface area contributed by atoms with Gasteiger partial charge in [-0.25, -0.2) is 0 Å². The first-order valence-electron chi connectivity index (χ1n) is 6.95. The first-order valence-corrected chi connectivity index (χ1v) is 6.95. The second-order valence-electron chi connectivity index (χ2n) is 6.51. The van der Waals surface area contributed by atoms with E-state index in [0.717, 1.165) is 6.61 Å². The van der Waals surface area contributed by atoms with Gasteiger partial charge in [-0.3, -0.25) is 0 Å². The van der Waals surface area contributed by atoms with E-state index in [1.807, 2.05) is 0 Å². The number of hydrogen-bond acceptors (Lipinski definition) is 2. The molecule has 1 aliphatic carbocycles. The van der Waals surface area contributed by atoms with E-state index < -0.39 is 0 Å². The third-order valence-electron chi connectivity index (χ3n) is 4.79. The van der Waals surface area contributed by atoms with Crippen LogP contribution in [0.15, 0.2) is 18.2 Å². The van der Waals surface area contributed by atoms with Crippen LogP contribution in [0.4, 0.5) is 5.69 Å². The summed E-state index contributed by atoms with van der Waals surface area (Å²) in [6.45, 7) is 9.90. The SMILES string of the molecule is Cc1ccc(NC2C3CCOC3C2(C)C)c(C)c1. The van der Waals surface area contributed by atoms with Gasteiger partial charge in [-0.15, -0.1) is 0 Å². The second kappa shape index (κ2) is 3.99. The summed E-state index contributed by atoms with van der Waals surface area (Å²) < 4.78 is 5.84. The number of hydrogen-bond donors (Lipinski definition) is 1. The van der Waals surface area contributed by atoms with Crippen molar-refractivity contribution in [1.82, 2.24) is 0 Å². The van der Waals surface area contributed by atoms with Gasteiger partial charge < -0.3 is 10.1 Å². The first-order chi connectivity index (χ1) is 8.50. The molecule has 1 aliphatic heterocycles. The van der Waals surface area contributed by atoms with E-state index in [4.69, 9.17) is 4.74 Å². The zero-order valence-corrected chi connectivity index (χ0v) is 11.8. The molecule has 2 fully saturated rings. The Balaban J connectivity index is 1.80. The molecule has 1 aromatic carbocycles. The van der Waals surface area contributed by atoms with Gasteiger partial charge in [-0.2, -0.15) is 0 Å². The van der Waals surface area contributed by atoms with Crippen molar-refractivity contribution in [2.75, 3.05) is 11.9 Å². The van der Waals surface area contributed by atoms with Gasteiger partial charge in [0, 0.05) is 29.7 Å². The first kappa shape index (κ1) is 12.0. The molecule has 1 saturated heterocycles. The molecule has 3 atom stereocenters. The molecule has 2 heteroatoms. The molecular weight excluding hydrogens is 222 g/mol. The van der Waals surface area contributed by atoms with E-state index in [1.54, 1.807) is 0 Å². The Morgan fingerprint density at radius 1 is 1.28 bits per heavy atom. The van der Waals surface area contributed by atoms with Crippen molar-refractivity contribution < 1.29 is 4.74 Å². The number of aryl methyl sites for hydroxylation is 2. The van der Waals surface area contributed by atoms with Crippen molar-refractivity contribution in [3.63, 3.8) is 0 Å². The summed E-state index contributed by atoms with van der Waals surface area (Å²) in [4.78, 5) is 0. The van der Waals surface area contributed by atoms with E-state index in [2.05, 4.69) is 51.2 Å². The molecule has 1 aromatic rings. The highest BCUT2D eigenvalue weighted by atomic mass is 16.5. The minimum absolute atomic E-state index is 0.249. The molecule has 1 heterocycles. The fourth-order valence-corrected chi connectivity index (χ4v) is 3.76. The molecule has 3 rings (SSSR count). The molecule has 2 nitrogen and oxygen atoms in total. The van der Waals surface area contributed by atoms with Crippen LogP contribution in [-0.4, -0.2) is 18.8 Å². The van der Waals surface area contributed by atoms with Crippen LogP contribution in [0, 0.1) is 25.2 Å². The fourth-order valence-electron chi connectivity index (χ4n) is 3.76. The summed E-state index contributed by atoms with van der Waals surface area (Å²) in [5.74, 6) is 0.695. The van der Waals surface area contributed by atoms with E-state index in [9.17, 15) is 0 Å². The Bertz CT molecular complexity index is 466. The standard InChI is InChI=1S/C16H23NO/c1-10-5-6-13(11(2)9-10)17-14-12-7-8-18-15(12)16(14,3)4/h5-6,9,12,14-15,17H,7-8H2,1-4H3. The van der Waals surface area contributed by atoms with Crippen LogP contribution in [0.2, 0.25) is 0 Å². The average molecular weight is 245 g/mol. The third kappa shape index (κ3) is 1.66. The minimum Gasteiger partial charge on any atom is -0.381 e. The maximum absolute atomic E-state index is 5.84. The Morgan fingerprint density at radius 2 is 2.06 bits per heavy atom. The maximum Gasteiger partial charge on any atom is 0.0694 e. The molecule has 1 N–H and O–H groups in total. The third-order valence-corrected chi connectivity index (χ3v) is 4.79. The number of rotatable bonds is 2. The molecule has 0 aromatic heterocycles. The highest BCUT2D eigenvalue weighted by Crippen LogP contribution is 2.53. The molecule has 2 aliphatic rings. The van der Waals surface area contributed by atoms with Crippen LogP contribution >= 0.6 is 0 Å². The molecule has 0 spiro atoms. The summed E-state index contributed by atoms with van der Waals surface area (Å²) in [6.07, 6.45) is 1.66. The van der Waals surface area contributed by atoms with E-state index in [0.29, 0.717) is 18.1 Å². The summed E-state index contributed by atoms with van der Waals surface area (Å²) in [7, 11) is 0. The Hall–Kier alpha value is -1.02. The normalized spacial score (nSPS) is 32.8. The lowest BCUT2D eigenvalue weighted by Crippen LogP contribution is -2.63. The summed E-state index contributed by atoms with van der Waals surface area (Å²) in [5, 5.41) is 3.76. The van der Waals surface area contributed by atoms with Gasteiger partial charge in [-0.1, -0.05) is 31.5 Å². The maximum atomic E-state index is 5.84. The summed E-state index contributed by atoms with van der Waals surface area (Å²) in [5.41, 5.74) is 4.20. The van der Waals surface area contributed by atoms with Gasteiger partial charge in [0.25, 0.3) is 0 Å². The minimum atomic E-state index is 0.249. The molecule has 3 unspecified atom stereocenters. The number of anilines is 1. The quantitative estimate of drug-likeness (QED) is 0.860. The Kier molecular flexibility index (Phi) is 2.67. The highest BCUT2D eigenvalue weighted by molar-refractivity contribution is 5.53. The van der Waals surface area contributed by atoms with Crippen molar-refractivity contribution >= 4 is 5.69 Å². The largest absolute Gasteiger partial charge is 0.381 e. The predicted molar refractivity (Wildman–Crippen MR) is 75.0 cm³/mol. The van der Waals surface area contributed by atoms with Crippen LogP contribution < -0.4 is 5.32 Å². The lowest BCUT2D eigenvalue weighted by Gasteiger charge is -2.55. The lowest BCUT2D eigenvalue weighted by molar-refractivity contribution is -0.0923. The van der Waals surface area contributed by atoms with Gasteiger partial charge in [-0.05, 0) is 31.9 Å². The van der Waals surface area contributed by atoms with Crippen LogP contribution in [0.1, 0.15) is 31.4 Å². The molecule has 0 amide bonds. The van der Waals surface area contributed by atoms with Crippen molar-refractivity contribution in [2.45, 2.75) is 46.3 Å². The van der Waals surface area contributed by atoms with Crippen molar-refractivity contribution in [1.29, 1.82) is 0 Å². The smallest absolute Gasteiger partial charge is 0.0694 e. The van der Waals surface area contributed by atoms with E-state index >= 15 is 0 Å². The highest BCUT2D eigenvalue weighted by Gasteiger charge is 2.59. The van der Waals surface area contributed by atoms with Crippen molar-refractivity contribution in [3.05, 3.63) is 29.3 Å². The zero-order chi connectivity index (χ0) is 12.9. The molecule has 0 radical (unpaired) electrons. The topological polar surface area (TPSA) is 21.3 Å². The molecule has 0 bridgehead atoms. The van der Waals surface area contributed by atoms with E-state index in [1.165, 1.54) is 23.2 Å². The summed E-state index contributed by atoms with van der Waals surface area (Å²) >= 11 is 0. The fraction of sp³-hybridized carbons (Fsp3) is 0.625. The molecule has 1 saturated carbocycles. The second-order valence-corrected chi connectivity index (χ2v) is 6.51. The van der Waals surface area contributed by atoms with Crippen LogP contribution in [0.25, 0.3) is 0 Å². The van der Waals surface area contributed by atoms with Crippen LogP contribution in [-0.2, 0) is 4.74 Å². The molecular formula is C16H23NO. The number of fused-ring (bicyclic) bond motifs is 1. The predicted octanol–water partition coefficient (Wildman–Crippen LogP) is 3.53. The van der Waals surface area contributed by atoms with Crippen LogP contribution in [0.3, 0.4) is 0 Å². The van der Waals surface area contributed by atoms with E-state index in [-0.39, 0.29) is 5.41 Å². The number of ether oxygens (including phenoxy) is 1. The van der Waals surface area contributed by atoms with Crippen molar-refractivity contribution in [3.8, 4) is 0 Å². The number of nitrogens with one attached hydrogen (secondary N) is 1. The van der Waals surface area contributed by atoms with Gasteiger partial charge in [0.15, 0.2) is 0 Å². The van der Waals surface area contributed by atoms with Crippen molar-refractivity contribution in [2.24, 2.45) is 11.3 Å². The van der Waals surface area contributed by atoms with Gasteiger partial charge in [0.1, 0.15) is 0 Å².